The van der Waals surface area contributed by atoms with Crippen molar-refractivity contribution in [2.24, 2.45) is 0 Å². The second-order valence-corrected chi connectivity index (χ2v) is 4.89. The van der Waals surface area contributed by atoms with E-state index in [-0.39, 0.29) is 11.9 Å². The monoisotopic (exact) mass is 262 g/mol. The Labute approximate surface area is 107 Å². The molecule has 0 aliphatic carbocycles. The molecule has 100 valence electrons. The van der Waals surface area contributed by atoms with Crippen molar-refractivity contribution in [3.8, 4) is 0 Å². The van der Waals surface area contributed by atoms with E-state index in [2.05, 4.69) is 10.6 Å². The minimum absolute atomic E-state index is 0.0648. The smallest absolute Gasteiger partial charge is 0.326 e. The van der Waals surface area contributed by atoms with E-state index in [1.807, 2.05) is 20.1 Å². The average molecular weight is 262 g/mol. The van der Waals surface area contributed by atoms with Gasteiger partial charge in [0.05, 0.1) is 0 Å². The molecular weight excluding hydrogens is 240 g/mol. The third kappa shape index (κ3) is 8.04. The van der Waals surface area contributed by atoms with Gasteiger partial charge in [0.25, 0.3) is 0 Å². The molecule has 5 nitrogen and oxygen atoms in total. The molecule has 0 radical (unpaired) electrons. The van der Waals surface area contributed by atoms with E-state index in [1.165, 1.54) is 0 Å². The van der Waals surface area contributed by atoms with Crippen molar-refractivity contribution in [2.45, 2.75) is 38.8 Å². The number of carbonyl (C=O) groups is 2. The molecule has 0 aromatic carbocycles. The van der Waals surface area contributed by atoms with Gasteiger partial charge in [-0.2, -0.15) is 11.8 Å². The summed E-state index contributed by atoms with van der Waals surface area (Å²) in [5.74, 6) is -0.463. The quantitative estimate of drug-likeness (QED) is 0.570. The second kappa shape index (κ2) is 9.30. The van der Waals surface area contributed by atoms with Crippen LogP contribution in [0.5, 0.6) is 0 Å². The number of carboxylic acid groups (broad SMARTS) is 1. The molecule has 0 aliphatic rings. The predicted molar refractivity (Wildman–Crippen MR) is 70.3 cm³/mol. The van der Waals surface area contributed by atoms with Crippen LogP contribution in [0, 0.1) is 0 Å². The van der Waals surface area contributed by atoms with E-state index in [1.54, 1.807) is 11.8 Å². The van der Waals surface area contributed by atoms with Crippen molar-refractivity contribution in [3.05, 3.63) is 0 Å². The first-order valence-corrected chi connectivity index (χ1v) is 7.15. The van der Waals surface area contributed by atoms with Gasteiger partial charge >= 0.3 is 5.97 Å². The summed E-state index contributed by atoms with van der Waals surface area (Å²) in [5.41, 5.74) is 0. The third-order valence-corrected chi connectivity index (χ3v) is 2.93. The summed E-state index contributed by atoms with van der Waals surface area (Å²) < 4.78 is 0. The maximum absolute atomic E-state index is 11.6. The van der Waals surface area contributed by atoms with E-state index in [4.69, 9.17) is 5.11 Å². The molecular formula is C11H22N2O3S. The number of amides is 1. The molecule has 0 fully saturated rings. The molecule has 0 rings (SSSR count). The minimum Gasteiger partial charge on any atom is -0.480 e. The topological polar surface area (TPSA) is 78.4 Å². The Morgan fingerprint density at radius 3 is 2.53 bits per heavy atom. The first kappa shape index (κ1) is 16.2. The van der Waals surface area contributed by atoms with Gasteiger partial charge in [-0.1, -0.05) is 6.92 Å². The highest BCUT2D eigenvalue weighted by atomic mass is 32.2. The maximum atomic E-state index is 11.6. The Morgan fingerprint density at radius 2 is 2.06 bits per heavy atom. The molecule has 1 unspecified atom stereocenters. The first-order chi connectivity index (χ1) is 8.01. The fourth-order valence-corrected chi connectivity index (χ4v) is 1.92. The lowest BCUT2D eigenvalue weighted by molar-refractivity contribution is -0.141. The van der Waals surface area contributed by atoms with Gasteiger partial charge in [-0.25, -0.2) is 4.79 Å². The molecule has 0 saturated carbocycles. The Hall–Kier alpha value is -0.750. The number of thioether (sulfide) groups is 1. The first-order valence-electron chi connectivity index (χ1n) is 5.75. The van der Waals surface area contributed by atoms with Gasteiger partial charge in [0.2, 0.25) is 5.91 Å². The molecule has 0 aromatic heterocycles. The second-order valence-electron chi connectivity index (χ2n) is 3.90. The number of carbonyl (C=O) groups excluding carboxylic acids is 1. The van der Waals surface area contributed by atoms with E-state index < -0.39 is 12.0 Å². The van der Waals surface area contributed by atoms with Crippen molar-refractivity contribution >= 4 is 23.6 Å². The lowest BCUT2D eigenvalue weighted by atomic mass is 10.2. The number of carboxylic acids is 1. The van der Waals surface area contributed by atoms with Crippen LogP contribution in [0.15, 0.2) is 0 Å². The van der Waals surface area contributed by atoms with Crippen LogP contribution in [0.4, 0.5) is 0 Å². The summed E-state index contributed by atoms with van der Waals surface area (Å²) >= 11 is 1.57. The number of aliphatic carboxylic acids is 1. The van der Waals surface area contributed by atoms with Gasteiger partial charge in [-0.3, -0.25) is 4.79 Å². The van der Waals surface area contributed by atoms with E-state index >= 15 is 0 Å². The van der Waals surface area contributed by atoms with Crippen molar-refractivity contribution in [2.75, 3.05) is 18.6 Å². The minimum atomic E-state index is -0.969. The lowest BCUT2D eigenvalue weighted by Crippen LogP contribution is -2.43. The number of hydrogen-bond donors (Lipinski definition) is 3. The summed E-state index contributed by atoms with van der Waals surface area (Å²) in [5, 5.41) is 14.6. The van der Waals surface area contributed by atoms with Crippen LogP contribution in [0.2, 0.25) is 0 Å². The third-order valence-electron chi connectivity index (χ3n) is 2.29. The predicted octanol–water partition coefficient (Wildman–Crippen LogP) is 0.697. The zero-order valence-corrected chi connectivity index (χ0v) is 11.5. The summed E-state index contributed by atoms with van der Waals surface area (Å²) in [6.07, 6.45) is 2.67. The van der Waals surface area contributed by atoms with Crippen LogP contribution < -0.4 is 10.6 Å². The largest absolute Gasteiger partial charge is 0.480 e. The summed E-state index contributed by atoms with van der Waals surface area (Å²) in [6, 6.07) is -0.709. The molecule has 1 amide bonds. The van der Waals surface area contributed by atoms with Crippen LogP contribution in [0.25, 0.3) is 0 Å². The Balaban J connectivity index is 4.07. The molecule has 0 heterocycles. The Morgan fingerprint density at radius 1 is 1.41 bits per heavy atom. The molecule has 3 N–H and O–H groups in total. The maximum Gasteiger partial charge on any atom is 0.326 e. The van der Waals surface area contributed by atoms with Gasteiger partial charge in [-0.05, 0) is 31.9 Å². The van der Waals surface area contributed by atoms with Crippen LogP contribution in [0.3, 0.4) is 0 Å². The highest BCUT2D eigenvalue weighted by Crippen LogP contribution is 2.02. The molecule has 0 bridgehead atoms. The Kier molecular flexibility index (Phi) is 8.89. The molecule has 6 heteroatoms. The van der Waals surface area contributed by atoms with E-state index in [9.17, 15) is 9.59 Å². The van der Waals surface area contributed by atoms with Gasteiger partial charge in [-0.15, -0.1) is 0 Å². The number of nitrogens with one attached hydrogen (secondary N) is 2. The van der Waals surface area contributed by atoms with Crippen LogP contribution in [-0.4, -0.2) is 47.6 Å². The summed E-state index contributed by atoms with van der Waals surface area (Å²) in [6.45, 7) is 4.66. The average Bonchev–Trinajstić information content (AvgIpc) is 2.23. The normalized spacial score (nSPS) is 14.1. The molecule has 2 atom stereocenters. The summed E-state index contributed by atoms with van der Waals surface area (Å²) in [7, 11) is 0. The van der Waals surface area contributed by atoms with E-state index in [0.717, 1.165) is 12.3 Å². The lowest BCUT2D eigenvalue weighted by Gasteiger charge is -2.16. The van der Waals surface area contributed by atoms with Crippen molar-refractivity contribution < 1.29 is 14.7 Å². The van der Waals surface area contributed by atoms with Crippen LogP contribution in [-0.2, 0) is 9.59 Å². The fourth-order valence-electron chi connectivity index (χ4n) is 1.45. The zero-order valence-electron chi connectivity index (χ0n) is 10.7. The Bertz CT molecular complexity index is 249. The van der Waals surface area contributed by atoms with Gasteiger partial charge in [0.15, 0.2) is 0 Å². The zero-order chi connectivity index (χ0) is 13.3. The van der Waals surface area contributed by atoms with E-state index in [0.29, 0.717) is 12.8 Å². The SMILES string of the molecule is CCNC(C)CC(=O)N[C@@H](CCSC)C(=O)O. The molecule has 17 heavy (non-hydrogen) atoms. The van der Waals surface area contributed by atoms with Crippen LogP contribution in [0.1, 0.15) is 26.7 Å². The van der Waals surface area contributed by atoms with Gasteiger partial charge < -0.3 is 15.7 Å². The van der Waals surface area contributed by atoms with Gasteiger partial charge in [0, 0.05) is 12.5 Å². The van der Waals surface area contributed by atoms with Crippen molar-refractivity contribution in [1.82, 2.24) is 10.6 Å². The summed E-state index contributed by atoms with van der Waals surface area (Å²) in [4.78, 5) is 22.5. The fraction of sp³-hybridized carbons (Fsp3) is 0.818. The highest BCUT2D eigenvalue weighted by molar-refractivity contribution is 7.98. The molecule has 0 aromatic rings. The molecule has 0 saturated heterocycles. The molecule has 0 spiro atoms. The molecule has 0 aliphatic heterocycles. The van der Waals surface area contributed by atoms with Crippen molar-refractivity contribution in [1.29, 1.82) is 0 Å². The van der Waals surface area contributed by atoms with Gasteiger partial charge in [0.1, 0.15) is 6.04 Å². The van der Waals surface area contributed by atoms with Crippen LogP contribution >= 0.6 is 11.8 Å². The number of hydrogen-bond acceptors (Lipinski definition) is 4. The van der Waals surface area contributed by atoms with Crippen molar-refractivity contribution in [3.63, 3.8) is 0 Å². The highest BCUT2D eigenvalue weighted by Gasteiger charge is 2.20. The number of rotatable bonds is 9. The standard InChI is InChI=1S/C11H22N2O3S/c1-4-12-8(2)7-10(14)13-9(11(15)16)5-6-17-3/h8-9,12H,4-7H2,1-3H3,(H,13,14)(H,15,16)/t8?,9-/m0/s1.